The lowest BCUT2D eigenvalue weighted by molar-refractivity contribution is -0.137. The molecule has 0 saturated carbocycles. The summed E-state index contributed by atoms with van der Waals surface area (Å²) in [6, 6.07) is 0. The maximum absolute atomic E-state index is 10.9. The molecular formula is C8H16O3S. The Balaban J connectivity index is 3.11. The van der Waals surface area contributed by atoms with E-state index in [1.807, 2.05) is 6.92 Å². The highest BCUT2D eigenvalue weighted by molar-refractivity contribution is 7.84. The summed E-state index contributed by atoms with van der Waals surface area (Å²) in [5.74, 6) is 0.682. The van der Waals surface area contributed by atoms with Gasteiger partial charge in [0, 0.05) is 28.7 Å². The molecule has 0 heterocycles. The van der Waals surface area contributed by atoms with Crippen LogP contribution in [0.1, 0.15) is 32.6 Å². The molecule has 3 nitrogen and oxygen atoms in total. The molecule has 0 bridgehead atoms. The molecule has 0 aromatic heterocycles. The molecule has 0 aliphatic heterocycles. The predicted molar refractivity (Wildman–Crippen MR) is 49.7 cm³/mol. The second kappa shape index (κ2) is 7.28. The van der Waals surface area contributed by atoms with Crippen molar-refractivity contribution in [2.75, 3.05) is 11.5 Å². The Hall–Kier alpha value is -0.380. The smallest absolute Gasteiger partial charge is 0.303 e. The van der Waals surface area contributed by atoms with Crippen molar-refractivity contribution in [3.8, 4) is 0 Å². The molecule has 0 aliphatic carbocycles. The summed E-state index contributed by atoms with van der Waals surface area (Å²) in [4.78, 5) is 10.1. The van der Waals surface area contributed by atoms with Crippen LogP contribution in [0.3, 0.4) is 0 Å². The predicted octanol–water partition coefficient (Wildman–Crippen LogP) is 1.40. The minimum atomic E-state index is -0.744. The lowest BCUT2D eigenvalue weighted by Gasteiger charge is -1.97. The van der Waals surface area contributed by atoms with E-state index >= 15 is 0 Å². The lowest BCUT2D eigenvalue weighted by atomic mass is 10.2. The molecule has 0 rings (SSSR count). The van der Waals surface area contributed by atoms with Crippen LogP contribution in [0.4, 0.5) is 0 Å². The van der Waals surface area contributed by atoms with Gasteiger partial charge in [0.1, 0.15) is 0 Å². The van der Waals surface area contributed by atoms with Gasteiger partial charge in [0.2, 0.25) is 0 Å². The van der Waals surface area contributed by atoms with Gasteiger partial charge in [-0.1, -0.05) is 13.3 Å². The van der Waals surface area contributed by atoms with Crippen molar-refractivity contribution >= 4 is 16.8 Å². The minimum absolute atomic E-state index is 0.235. The first kappa shape index (κ1) is 11.6. The fourth-order valence-corrected chi connectivity index (χ4v) is 1.68. The standard InChI is InChI=1S/C8H16O3S/c1-2-12(11)7-5-3-4-6-8(9)10/h2-7H2,1H3,(H,9,10). The summed E-state index contributed by atoms with van der Waals surface area (Å²) in [5.41, 5.74) is 0. The summed E-state index contributed by atoms with van der Waals surface area (Å²) in [7, 11) is -0.689. The van der Waals surface area contributed by atoms with Crippen molar-refractivity contribution < 1.29 is 14.1 Å². The highest BCUT2D eigenvalue weighted by Gasteiger charge is 1.98. The molecule has 12 heavy (non-hydrogen) atoms. The minimum Gasteiger partial charge on any atom is -0.481 e. The number of hydrogen-bond acceptors (Lipinski definition) is 2. The molecule has 0 radical (unpaired) electrons. The maximum Gasteiger partial charge on any atom is 0.303 e. The van der Waals surface area contributed by atoms with Gasteiger partial charge in [0.25, 0.3) is 0 Å². The first-order valence-electron chi connectivity index (χ1n) is 4.23. The van der Waals surface area contributed by atoms with Gasteiger partial charge >= 0.3 is 5.97 Å². The fraction of sp³-hybridized carbons (Fsp3) is 0.875. The zero-order valence-corrected chi connectivity index (χ0v) is 8.23. The van der Waals surface area contributed by atoms with Crippen LogP contribution >= 0.6 is 0 Å². The Morgan fingerprint density at radius 2 is 2.00 bits per heavy atom. The zero-order valence-electron chi connectivity index (χ0n) is 7.41. The van der Waals surface area contributed by atoms with E-state index in [9.17, 15) is 9.00 Å². The summed E-state index contributed by atoms with van der Waals surface area (Å²) in [6.45, 7) is 1.90. The van der Waals surface area contributed by atoms with E-state index < -0.39 is 16.8 Å². The average Bonchev–Trinajstić information content (AvgIpc) is 2.03. The van der Waals surface area contributed by atoms with E-state index in [1.165, 1.54) is 0 Å². The lowest BCUT2D eigenvalue weighted by Crippen LogP contribution is -2.00. The second-order valence-corrected chi connectivity index (χ2v) is 4.50. The van der Waals surface area contributed by atoms with Crippen molar-refractivity contribution in [3.05, 3.63) is 0 Å². The van der Waals surface area contributed by atoms with Gasteiger partial charge in [-0.15, -0.1) is 0 Å². The van der Waals surface area contributed by atoms with Gasteiger partial charge in [0.05, 0.1) is 0 Å². The van der Waals surface area contributed by atoms with Crippen LogP contribution in [0.15, 0.2) is 0 Å². The highest BCUT2D eigenvalue weighted by Crippen LogP contribution is 2.00. The third kappa shape index (κ3) is 7.72. The zero-order chi connectivity index (χ0) is 9.40. The summed E-state index contributed by atoms with van der Waals surface area (Å²) >= 11 is 0. The van der Waals surface area contributed by atoms with Crippen LogP contribution in [0.2, 0.25) is 0 Å². The molecule has 72 valence electrons. The molecular weight excluding hydrogens is 176 g/mol. The van der Waals surface area contributed by atoms with Crippen LogP contribution < -0.4 is 0 Å². The van der Waals surface area contributed by atoms with Crippen LogP contribution in [0.5, 0.6) is 0 Å². The first-order valence-corrected chi connectivity index (χ1v) is 5.72. The molecule has 0 spiro atoms. The van der Waals surface area contributed by atoms with Crippen LogP contribution in [-0.4, -0.2) is 26.8 Å². The Bertz CT molecular complexity index is 156. The third-order valence-electron chi connectivity index (χ3n) is 1.58. The number of carbonyl (C=O) groups is 1. The molecule has 1 unspecified atom stereocenters. The summed E-state index contributed by atoms with van der Waals surface area (Å²) < 4.78 is 10.9. The molecule has 0 aromatic carbocycles. The van der Waals surface area contributed by atoms with E-state index in [1.54, 1.807) is 0 Å². The molecule has 4 heteroatoms. The fourth-order valence-electron chi connectivity index (χ4n) is 0.860. The van der Waals surface area contributed by atoms with Gasteiger partial charge in [-0.2, -0.15) is 0 Å². The molecule has 1 N–H and O–H groups in total. The average molecular weight is 192 g/mol. The van der Waals surface area contributed by atoms with Crippen molar-refractivity contribution in [2.24, 2.45) is 0 Å². The van der Waals surface area contributed by atoms with E-state index in [-0.39, 0.29) is 6.42 Å². The van der Waals surface area contributed by atoms with E-state index in [4.69, 9.17) is 5.11 Å². The van der Waals surface area contributed by atoms with Crippen molar-refractivity contribution in [3.63, 3.8) is 0 Å². The van der Waals surface area contributed by atoms with E-state index in [0.29, 0.717) is 12.2 Å². The Morgan fingerprint density at radius 1 is 1.33 bits per heavy atom. The monoisotopic (exact) mass is 192 g/mol. The van der Waals surface area contributed by atoms with Gasteiger partial charge in [-0.25, -0.2) is 0 Å². The number of carboxylic acids is 1. The molecule has 1 atom stereocenters. The van der Waals surface area contributed by atoms with Gasteiger partial charge in [0.15, 0.2) is 0 Å². The second-order valence-electron chi connectivity index (χ2n) is 2.64. The largest absolute Gasteiger partial charge is 0.481 e. The topological polar surface area (TPSA) is 54.4 Å². The molecule has 0 amide bonds. The quantitative estimate of drug-likeness (QED) is 0.620. The van der Waals surface area contributed by atoms with Crippen LogP contribution in [0.25, 0.3) is 0 Å². The SMILES string of the molecule is CCS(=O)CCCCCC(=O)O. The molecule has 0 fully saturated rings. The highest BCUT2D eigenvalue weighted by atomic mass is 32.2. The van der Waals surface area contributed by atoms with Crippen molar-refractivity contribution in [1.29, 1.82) is 0 Å². The Morgan fingerprint density at radius 3 is 2.50 bits per heavy atom. The number of carboxylic acid groups (broad SMARTS) is 1. The normalized spacial score (nSPS) is 12.8. The first-order chi connectivity index (χ1) is 5.66. The van der Waals surface area contributed by atoms with Crippen molar-refractivity contribution in [1.82, 2.24) is 0 Å². The number of unbranched alkanes of at least 4 members (excludes halogenated alkanes) is 2. The number of aliphatic carboxylic acids is 1. The molecule has 0 aromatic rings. The van der Waals surface area contributed by atoms with E-state index in [2.05, 4.69) is 0 Å². The third-order valence-corrected chi connectivity index (χ3v) is 2.97. The summed E-state index contributed by atoms with van der Waals surface area (Å²) in [5, 5.41) is 8.31. The van der Waals surface area contributed by atoms with Gasteiger partial charge in [-0.3, -0.25) is 9.00 Å². The van der Waals surface area contributed by atoms with Gasteiger partial charge in [-0.05, 0) is 12.8 Å². The Kier molecular flexibility index (Phi) is 7.05. The number of rotatable bonds is 7. The maximum atomic E-state index is 10.9. The Labute approximate surface area is 75.6 Å². The molecule has 0 saturated heterocycles. The summed E-state index contributed by atoms with van der Waals surface area (Å²) in [6.07, 6.45) is 2.70. The molecule has 0 aliphatic rings. The van der Waals surface area contributed by atoms with Crippen LogP contribution in [0, 0.1) is 0 Å². The van der Waals surface area contributed by atoms with Gasteiger partial charge < -0.3 is 5.11 Å². The number of hydrogen-bond donors (Lipinski definition) is 1. The van der Waals surface area contributed by atoms with Crippen molar-refractivity contribution in [2.45, 2.75) is 32.6 Å². The van der Waals surface area contributed by atoms with E-state index in [0.717, 1.165) is 18.6 Å². The van der Waals surface area contributed by atoms with Crippen LogP contribution in [-0.2, 0) is 15.6 Å².